The average molecular weight is 410 g/mol. The standard InChI is InChI=1S/C26H22N2O3/c1-3-8-24(29)20-9-4-6-11-22(20)27-17(2)18-13-15-19(16-14-18)25-28-23-12-7-5-10-21(23)26(30)31-25/h4-7,9-16H,3,8H2,1-2H3. The van der Waals surface area contributed by atoms with Crippen LogP contribution < -0.4 is 5.63 Å². The molecule has 5 nitrogen and oxygen atoms in total. The third kappa shape index (κ3) is 4.36. The maximum absolute atomic E-state index is 12.4. The number of hydrogen-bond acceptors (Lipinski definition) is 5. The van der Waals surface area contributed by atoms with E-state index in [-0.39, 0.29) is 11.7 Å². The zero-order chi connectivity index (χ0) is 21.8. The van der Waals surface area contributed by atoms with E-state index in [0.717, 1.165) is 17.7 Å². The van der Waals surface area contributed by atoms with Crippen molar-refractivity contribution >= 4 is 28.1 Å². The molecule has 31 heavy (non-hydrogen) atoms. The van der Waals surface area contributed by atoms with Crippen molar-refractivity contribution in [3.8, 4) is 11.5 Å². The molecule has 0 bridgehead atoms. The fourth-order valence-electron chi connectivity index (χ4n) is 3.41. The largest absolute Gasteiger partial charge is 0.403 e. The minimum atomic E-state index is -0.407. The molecule has 0 N–H and O–H groups in total. The summed E-state index contributed by atoms with van der Waals surface area (Å²) in [6.45, 7) is 3.90. The first-order chi connectivity index (χ1) is 15.1. The van der Waals surface area contributed by atoms with E-state index in [1.807, 2.05) is 68.4 Å². The van der Waals surface area contributed by atoms with Crippen LogP contribution in [0.2, 0.25) is 0 Å². The Labute approximate surface area is 180 Å². The Morgan fingerprint density at radius 3 is 2.45 bits per heavy atom. The van der Waals surface area contributed by atoms with Crippen molar-refractivity contribution in [2.45, 2.75) is 26.7 Å². The van der Waals surface area contributed by atoms with E-state index in [1.54, 1.807) is 18.2 Å². The summed E-state index contributed by atoms with van der Waals surface area (Å²) >= 11 is 0. The quantitative estimate of drug-likeness (QED) is 0.290. The highest BCUT2D eigenvalue weighted by molar-refractivity contribution is 6.04. The number of carbonyl (C=O) groups excluding carboxylic acids is 1. The number of rotatable bonds is 6. The van der Waals surface area contributed by atoms with Gasteiger partial charge in [-0.1, -0.05) is 43.3 Å². The van der Waals surface area contributed by atoms with Crippen LogP contribution in [0.5, 0.6) is 0 Å². The minimum absolute atomic E-state index is 0.0994. The maximum atomic E-state index is 12.4. The minimum Gasteiger partial charge on any atom is -0.403 e. The van der Waals surface area contributed by atoms with Gasteiger partial charge in [-0.2, -0.15) is 0 Å². The zero-order valence-electron chi connectivity index (χ0n) is 17.5. The molecular formula is C26H22N2O3. The SMILES string of the molecule is CCCC(=O)c1ccccc1N=C(C)c1ccc(-c2nc3ccccc3c(=O)o2)cc1. The third-order valence-electron chi connectivity index (χ3n) is 5.05. The Balaban J connectivity index is 1.65. The molecule has 0 radical (unpaired) electrons. The molecule has 3 aromatic carbocycles. The van der Waals surface area contributed by atoms with Crippen molar-refractivity contribution in [1.29, 1.82) is 0 Å². The van der Waals surface area contributed by atoms with Gasteiger partial charge in [-0.15, -0.1) is 0 Å². The Hall–Kier alpha value is -3.86. The lowest BCUT2D eigenvalue weighted by Crippen LogP contribution is -2.03. The van der Waals surface area contributed by atoms with E-state index < -0.39 is 5.63 Å². The predicted octanol–water partition coefficient (Wildman–Crippen LogP) is 5.98. The first-order valence-corrected chi connectivity index (χ1v) is 10.2. The average Bonchev–Trinajstić information content (AvgIpc) is 2.79. The monoisotopic (exact) mass is 410 g/mol. The molecule has 1 heterocycles. The molecule has 0 aliphatic rings. The van der Waals surface area contributed by atoms with Crippen LogP contribution in [-0.2, 0) is 0 Å². The van der Waals surface area contributed by atoms with Gasteiger partial charge in [0.05, 0.1) is 16.6 Å². The molecule has 154 valence electrons. The summed E-state index contributed by atoms with van der Waals surface area (Å²) in [5, 5.41) is 0.460. The van der Waals surface area contributed by atoms with Gasteiger partial charge in [0.15, 0.2) is 5.78 Å². The number of para-hydroxylation sites is 2. The molecule has 4 aromatic rings. The number of benzene rings is 3. The van der Waals surface area contributed by atoms with Crippen molar-refractivity contribution < 1.29 is 9.21 Å². The van der Waals surface area contributed by atoms with Gasteiger partial charge >= 0.3 is 5.63 Å². The molecule has 0 unspecified atom stereocenters. The van der Waals surface area contributed by atoms with Gasteiger partial charge in [0.25, 0.3) is 0 Å². The van der Waals surface area contributed by atoms with Crippen LogP contribution in [0, 0.1) is 0 Å². The molecule has 0 aliphatic heterocycles. The lowest BCUT2D eigenvalue weighted by molar-refractivity contribution is 0.0982. The molecule has 0 atom stereocenters. The van der Waals surface area contributed by atoms with E-state index in [1.165, 1.54) is 0 Å². The van der Waals surface area contributed by atoms with Gasteiger partial charge in [0.2, 0.25) is 5.89 Å². The Morgan fingerprint density at radius 1 is 0.968 bits per heavy atom. The fourth-order valence-corrected chi connectivity index (χ4v) is 3.41. The molecular weight excluding hydrogens is 388 g/mol. The van der Waals surface area contributed by atoms with E-state index >= 15 is 0 Å². The summed E-state index contributed by atoms with van der Waals surface area (Å²) in [6.07, 6.45) is 1.31. The van der Waals surface area contributed by atoms with E-state index in [0.29, 0.717) is 34.1 Å². The van der Waals surface area contributed by atoms with Crippen molar-refractivity contribution in [3.63, 3.8) is 0 Å². The Bertz CT molecular complexity index is 1330. The van der Waals surface area contributed by atoms with Crippen LogP contribution >= 0.6 is 0 Å². The third-order valence-corrected chi connectivity index (χ3v) is 5.05. The molecule has 0 spiro atoms. The van der Waals surface area contributed by atoms with Gasteiger partial charge < -0.3 is 4.42 Å². The molecule has 4 rings (SSSR count). The first kappa shape index (κ1) is 20.4. The molecule has 5 heteroatoms. The summed E-state index contributed by atoms with van der Waals surface area (Å²) < 4.78 is 5.40. The van der Waals surface area contributed by atoms with E-state index in [9.17, 15) is 9.59 Å². The van der Waals surface area contributed by atoms with Gasteiger partial charge in [-0.3, -0.25) is 9.79 Å². The van der Waals surface area contributed by atoms with Gasteiger partial charge in [0.1, 0.15) is 0 Å². The first-order valence-electron chi connectivity index (χ1n) is 10.2. The van der Waals surface area contributed by atoms with Crippen molar-refractivity contribution in [3.05, 3.63) is 94.3 Å². The van der Waals surface area contributed by atoms with E-state index in [4.69, 9.17) is 9.41 Å². The lowest BCUT2D eigenvalue weighted by atomic mass is 10.0. The summed E-state index contributed by atoms with van der Waals surface area (Å²) in [5.41, 5.74) is 3.91. The molecule has 1 aromatic heterocycles. The number of aromatic nitrogens is 1. The highest BCUT2D eigenvalue weighted by Gasteiger charge is 2.11. The highest BCUT2D eigenvalue weighted by Crippen LogP contribution is 2.23. The summed E-state index contributed by atoms with van der Waals surface area (Å²) in [4.78, 5) is 33.8. The smallest absolute Gasteiger partial charge is 0.347 e. The molecule has 0 amide bonds. The van der Waals surface area contributed by atoms with Crippen LogP contribution in [0.4, 0.5) is 5.69 Å². The predicted molar refractivity (Wildman–Crippen MR) is 123 cm³/mol. The van der Waals surface area contributed by atoms with Crippen LogP contribution in [0.25, 0.3) is 22.4 Å². The molecule has 0 aliphatic carbocycles. The summed E-state index contributed by atoms with van der Waals surface area (Å²) in [5.74, 6) is 0.378. The number of fused-ring (bicyclic) bond motifs is 1. The van der Waals surface area contributed by atoms with Crippen LogP contribution in [-0.4, -0.2) is 16.5 Å². The van der Waals surface area contributed by atoms with Gasteiger partial charge in [-0.05, 0) is 55.3 Å². The second-order valence-electron chi connectivity index (χ2n) is 7.29. The number of ketones is 1. The fraction of sp³-hybridized carbons (Fsp3) is 0.154. The topological polar surface area (TPSA) is 72.5 Å². The Morgan fingerprint density at radius 2 is 1.68 bits per heavy atom. The molecule has 0 saturated carbocycles. The van der Waals surface area contributed by atoms with E-state index in [2.05, 4.69) is 4.98 Å². The normalized spacial score (nSPS) is 11.6. The Kier molecular flexibility index (Phi) is 5.85. The molecule has 0 saturated heterocycles. The van der Waals surface area contributed by atoms with Crippen LogP contribution in [0.15, 0.2) is 87.0 Å². The number of Topliss-reactive ketones (excluding diaryl/α,β-unsaturated/α-hetero) is 1. The number of hydrogen-bond donors (Lipinski definition) is 0. The maximum Gasteiger partial charge on any atom is 0.347 e. The van der Waals surface area contributed by atoms with Crippen molar-refractivity contribution in [2.75, 3.05) is 0 Å². The van der Waals surface area contributed by atoms with Gasteiger partial charge in [-0.25, -0.2) is 9.78 Å². The lowest BCUT2D eigenvalue weighted by Gasteiger charge is -2.07. The number of carbonyl (C=O) groups is 1. The molecule has 0 fully saturated rings. The highest BCUT2D eigenvalue weighted by atomic mass is 16.4. The number of nitrogens with zero attached hydrogens (tertiary/aromatic N) is 2. The van der Waals surface area contributed by atoms with Crippen LogP contribution in [0.3, 0.4) is 0 Å². The van der Waals surface area contributed by atoms with Gasteiger partial charge in [0, 0.05) is 23.3 Å². The zero-order valence-corrected chi connectivity index (χ0v) is 17.5. The second kappa shape index (κ2) is 8.88. The van der Waals surface area contributed by atoms with Crippen LogP contribution in [0.1, 0.15) is 42.6 Å². The number of aliphatic imine (C=N–C) groups is 1. The second-order valence-corrected chi connectivity index (χ2v) is 7.29. The summed E-state index contributed by atoms with van der Waals surface area (Å²) in [6, 6.07) is 22.0. The van der Waals surface area contributed by atoms with Crippen molar-refractivity contribution in [2.24, 2.45) is 4.99 Å². The van der Waals surface area contributed by atoms with Crippen molar-refractivity contribution in [1.82, 2.24) is 4.98 Å². The summed E-state index contributed by atoms with van der Waals surface area (Å²) in [7, 11) is 0.